The Morgan fingerprint density at radius 3 is 2.90 bits per heavy atom. The van der Waals surface area contributed by atoms with Gasteiger partial charge >= 0.3 is 0 Å². The second kappa shape index (κ2) is 6.02. The topological polar surface area (TPSA) is 6.48 Å². The van der Waals surface area contributed by atoms with E-state index in [1.165, 1.54) is 25.8 Å². The average molecular weight is 341 g/mol. The zero-order chi connectivity index (χ0) is 14.1. The molecule has 2 fully saturated rings. The van der Waals surface area contributed by atoms with Gasteiger partial charge in [-0.3, -0.25) is 4.90 Å². The quantitative estimate of drug-likeness (QED) is 0.801. The van der Waals surface area contributed by atoms with Crippen molar-refractivity contribution in [3.63, 3.8) is 0 Å². The molecule has 0 amide bonds. The molecule has 1 aromatic rings. The summed E-state index contributed by atoms with van der Waals surface area (Å²) in [5.41, 5.74) is 1.14. The first kappa shape index (κ1) is 14.3. The summed E-state index contributed by atoms with van der Waals surface area (Å²) >= 11 is 3.53. The van der Waals surface area contributed by atoms with Gasteiger partial charge in [0.2, 0.25) is 0 Å². The summed E-state index contributed by atoms with van der Waals surface area (Å²) in [6.45, 7) is 5.71. The van der Waals surface area contributed by atoms with Crippen LogP contribution in [0.1, 0.15) is 32.6 Å². The zero-order valence-corrected chi connectivity index (χ0v) is 13.6. The molecule has 0 aliphatic carbocycles. The minimum Gasteiger partial charge on any atom is -0.365 e. The lowest BCUT2D eigenvalue weighted by Gasteiger charge is -2.49. The van der Waals surface area contributed by atoms with Gasteiger partial charge in [0.1, 0.15) is 5.82 Å². The van der Waals surface area contributed by atoms with Crippen molar-refractivity contribution in [3.05, 3.63) is 28.5 Å². The third-order valence-electron chi connectivity index (χ3n) is 4.73. The van der Waals surface area contributed by atoms with Crippen LogP contribution >= 0.6 is 15.9 Å². The van der Waals surface area contributed by atoms with Gasteiger partial charge in [-0.2, -0.15) is 0 Å². The number of hydrogen-bond donors (Lipinski definition) is 0. The van der Waals surface area contributed by atoms with Crippen molar-refractivity contribution in [2.24, 2.45) is 0 Å². The lowest BCUT2D eigenvalue weighted by Crippen LogP contribution is -2.59. The van der Waals surface area contributed by atoms with Gasteiger partial charge in [-0.1, -0.05) is 13.3 Å². The first-order valence-corrected chi connectivity index (χ1v) is 8.44. The van der Waals surface area contributed by atoms with Gasteiger partial charge < -0.3 is 4.90 Å². The van der Waals surface area contributed by atoms with Crippen LogP contribution in [-0.2, 0) is 0 Å². The van der Waals surface area contributed by atoms with Crippen molar-refractivity contribution in [3.8, 4) is 0 Å². The van der Waals surface area contributed by atoms with E-state index in [4.69, 9.17) is 0 Å². The van der Waals surface area contributed by atoms with Gasteiger partial charge in [-0.05, 0) is 59.9 Å². The summed E-state index contributed by atoms with van der Waals surface area (Å²) in [7, 11) is 0. The van der Waals surface area contributed by atoms with Crippen molar-refractivity contribution in [1.82, 2.24) is 4.90 Å². The minimum absolute atomic E-state index is 0.176. The Kier molecular flexibility index (Phi) is 4.32. The molecule has 2 heterocycles. The van der Waals surface area contributed by atoms with E-state index in [1.54, 1.807) is 12.1 Å². The average Bonchev–Trinajstić information content (AvgIpc) is 2.46. The molecule has 0 saturated carbocycles. The lowest BCUT2D eigenvalue weighted by atomic mass is 9.95. The first-order chi connectivity index (χ1) is 9.69. The maximum absolute atomic E-state index is 13.3. The number of piperazine rings is 1. The second-order valence-corrected chi connectivity index (χ2v) is 6.81. The van der Waals surface area contributed by atoms with Crippen LogP contribution in [0.25, 0.3) is 0 Å². The third kappa shape index (κ3) is 2.73. The first-order valence-electron chi connectivity index (χ1n) is 7.64. The highest BCUT2D eigenvalue weighted by atomic mass is 79.9. The molecule has 2 nitrogen and oxygen atoms in total. The molecule has 3 rings (SSSR count). The molecule has 2 atom stereocenters. The van der Waals surface area contributed by atoms with Crippen molar-refractivity contribution in [1.29, 1.82) is 0 Å². The maximum atomic E-state index is 13.3. The van der Waals surface area contributed by atoms with Crippen molar-refractivity contribution < 1.29 is 4.39 Å². The Bertz CT molecular complexity index is 480. The highest BCUT2D eigenvalue weighted by molar-refractivity contribution is 9.10. The molecule has 4 heteroatoms. The molecule has 0 radical (unpaired) electrons. The van der Waals surface area contributed by atoms with Gasteiger partial charge in [-0.25, -0.2) is 4.39 Å². The summed E-state index contributed by atoms with van der Waals surface area (Å²) in [4.78, 5) is 5.14. The van der Waals surface area contributed by atoms with Crippen LogP contribution in [0, 0.1) is 5.82 Å². The fourth-order valence-corrected chi connectivity index (χ4v) is 4.19. The molecular formula is C16H22BrFN2. The van der Waals surface area contributed by atoms with Crippen LogP contribution in [0.4, 0.5) is 10.1 Å². The van der Waals surface area contributed by atoms with Crippen molar-refractivity contribution in [2.75, 3.05) is 24.5 Å². The summed E-state index contributed by atoms with van der Waals surface area (Å²) < 4.78 is 14.2. The molecule has 0 aromatic heterocycles. The van der Waals surface area contributed by atoms with Crippen LogP contribution in [0.15, 0.2) is 22.7 Å². The Morgan fingerprint density at radius 1 is 1.30 bits per heavy atom. The Labute approximate surface area is 129 Å². The molecule has 20 heavy (non-hydrogen) atoms. The molecule has 2 aliphatic rings. The highest BCUT2D eigenvalue weighted by Crippen LogP contribution is 2.34. The fraction of sp³-hybridized carbons (Fsp3) is 0.625. The molecule has 2 unspecified atom stereocenters. The molecule has 1 aromatic carbocycles. The van der Waals surface area contributed by atoms with Crippen LogP contribution in [-0.4, -0.2) is 36.6 Å². The van der Waals surface area contributed by atoms with E-state index in [9.17, 15) is 4.39 Å². The van der Waals surface area contributed by atoms with E-state index in [1.807, 2.05) is 6.07 Å². The lowest BCUT2D eigenvalue weighted by molar-refractivity contribution is 0.111. The Balaban J connectivity index is 1.86. The molecule has 2 aliphatic heterocycles. The number of hydrogen-bond acceptors (Lipinski definition) is 2. The normalized spacial score (nSPS) is 27.4. The van der Waals surface area contributed by atoms with E-state index in [0.29, 0.717) is 12.1 Å². The SMILES string of the molecule is CCC1CN2CCCCC2CN1c1ccc(F)cc1Br. The number of rotatable bonds is 2. The molecule has 0 N–H and O–H groups in total. The summed E-state index contributed by atoms with van der Waals surface area (Å²) in [5, 5.41) is 0. The van der Waals surface area contributed by atoms with Crippen LogP contribution < -0.4 is 4.90 Å². The molecule has 0 bridgehead atoms. The molecule has 0 spiro atoms. The van der Waals surface area contributed by atoms with Gasteiger partial charge in [0.25, 0.3) is 0 Å². The molecule has 2 saturated heterocycles. The summed E-state index contributed by atoms with van der Waals surface area (Å²) in [6.07, 6.45) is 5.11. The van der Waals surface area contributed by atoms with E-state index < -0.39 is 0 Å². The highest BCUT2D eigenvalue weighted by Gasteiger charge is 2.34. The van der Waals surface area contributed by atoms with Crippen molar-refractivity contribution >= 4 is 21.6 Å². The maximum Gasteiger partial charge on any atom is 0.124 e. The number of piperidine rings is 1. The summed E-state index contributed by atoms with van der Waals surface area (Å²) in [5.74, 6) is -0.176. The number of nitrogens with zero attached hydrogens (tertiary/aromatic N) is 2. The number of benzene rings is 1. The van der Waals surface area contributed by atoms with Crippen LogP contribution in [0.5, 0.6) is 0 Å². The number of fused-ring (bicyclic) bond motifs is 1. The monoisotopic (exact) mass is 340 g/mol. The van der Waals surface area contributed by atoms with E-state index in [2.05, 4.69) is 32.7 Å². The van der Waals surface area contributed by atoms with Crippen LogP contribution in [0.2, 0.25) is 0 Å². The van der Waals surface area contributed by atoms with Gasteiger partial charge in [0, 0.05) is 29.6 Å². The van der Waals surface area contributed by atoms with Crippen molar-refractivity contribution in [2.45, 2.75) is 44.7 Å². The zero-order valence-electron chi connectivity index (χ0n) is 12.0. The van der Waals surface area contributed by atoms with E-state index in [0.717, 1.165) is 29.7 Å². The Morgan fingerprint density at radius 2 is 2.15 bits per heavy atom. The number of halogens is 2. The molecule has 110 valence electrons. The minimum atomic E-state index is -0.176. The van der Waals surface area contributed by atoms with E-state index >= 15 is 0 Å². The van der Waals surface area contributed by atoms with Gasteiger partial charge in [-0.15, -0.1) is 0 Å². The van der Waals surface area contributed by atoms with Gasteiger partial charge in [0.15, 0.2) is 0 Å². The fourth-order valence-electron chi connectivity index (χ4n) is 3.61. The predicted octanol–water partition coefficient (Wildman–Crippen LogP) is 4.04. The largest absolute Gasteiger partial charge is 0.365 e. The summed E-state index contributed by atoms with van der Waals surface area (Å²) in [6, 6.07) is 6.27. The number of anilines is 1. The Hall–Kier alpha value is -0.610. The predicted molar refractivity (Wildman–Crippen MR) is 84.7 cm³/mol. The van der Waals surface area contributed by atoms with Crippen LogP contribution in [0.3, 0.4) is 0 Å². The smallest absolute Gasteiger partial charge is 0.124 e. The van der Waals surface area contributed by atoms with Gasteiger partial charge in [0.05, 0.1) is 5.69 Å². The third-order valence-corrected chi connectivity index (χ3v) is 5.37. The second-order valence-electron chi connectivity index (χ2n) is 5.95. The van der Waals surface area contributed by atoms with E-state index in [-0.39, 0.29) is 5.82 Å². The molecular weight excluding hydrogens is 319 g/mol. The standard InChI is InChI=1S/C16H22BrFN2/c1-2-13-10-19-8-4-3-5-14(19)11-20(13)16-7-6-12(18)9-15(16)17/h6-7,9,13-14H,2-5,8,10-11H2,1H3.